The molecule has 1 aliphatic carbocycles. The van der Waals surface area contributed by atoms with Crippen molar-refractivity contribution in [3.63, 3.8) is 0 Å². The van der Waals surface area contributed by atoms with E-state index in [1.54, 1.807) is 12.1 Å². The van der Waals surface area contributed by atoms with E-state index in [2.05, 4.69) is 40.6 Å². The number of benzene rings is 1. The predicted molar refractivity (Wildman–Crippen MR) is 128 cm³/mol. The molecule has 0 fully saturated rings. The van der Waals surface area contributed by atoms with Crippen molar-refractivity contribution in [1.82, 2.24) is 9.97 Å². The molecule has 0 spiro atoms. The third-order valence-corrected chi connectivity index (χ3v) is 7.23. The van der Waals surface area contributed by atoms with Gasteiger partial charge >= 0.3 is 0 Å². The molecule has 32 heavy (non-hydrogen) atoms. The molecule has 2 atom stereocenters. The van der Waals surface area contributed by atoms with Crippen molar-refractivity contribution in [2.24, 2.45) is 0 Å². The Morgan fingerprint density at radius 1 is 1.31 bits per heavy atom. The zero-order chi connectivity index (χ0) is 22.5. The Morgan fingerprint density at radius 3 is 2.81 bits per heavy atom. The van der Waals surface area contributed by atoms with Crippen LogP contribution in [0.5, 0.6) is 0 Å². The first-order valence-corrected chi connectivity index (χ1v) is 11.9. The highest BCUT2D eigenvalue weighted by Crippen LogP contribution is 2.35. The van der Waals surface area contributed by atoms with Crippen LogP contribution in [-0.2, 0) is 17.6 Å². The summed E-state index contributed by atoms with van der Waals surface area (Å²) in [5.74, 6) is 0.723. The van der Waals surface area contributed by atoms with Gasteiger partial charge in [-0.05, 0) is 60.9 Å². The van der Waals surface area contributed by atoms with Crippen LogP contribution in [0.1, 0.15) is 48.1 Å². The minimum Gasteiger partial charge on any atom is -0.310 e. The molecular formula is C25H23ClN4OS. The van der Waals surface area contributed by atoms with Gasteiger partial charge in [0.1, 0.15) is 16.9 Å². The fourth-order valence-electron chi connectivity index (χ4n) is 3.94. The van der Waals surface area contributed by atoms with Crippen LogP contribution >= 0.6 is 23.4 Å². The summed E-state index contributed by atoms with van der Waals surface area (Å²) < 4.78 is 0. The molecule has 0 bridgehead atoms. The first-order valence-electron chi connectivity index (χ1n) is 10.6. The lowest BCUT2D eigenvalue weighted by molar-refractivity contribution is -0.115. The lowest BCUT2D eigenvalue weighted by Crippen LogP contribution is -2.25. The van der Waals surface area contributed by atoms with Gasteiger partial charge in [-0.1, -0.05) is 60.6 Å². The third-order valence-electron chi connectivity index (χ3n) is 5.64. The van der Waals surface area contributed by atoms with Crippen LogP contribution in [-0.4, -0.2) is 21.1 Å². The number of halogens is 1. The number of hydrogen-bond acceptors (Lipinski definition) is 5. The Hall–Kier alpha value is -2.88. The molecule has 0 radical (unpaired) electrons. The van der Waals surface area contributed by atoms with E-state index in [0.717, 1.165) is 30.5 Å². The van der Waals surface area contributed by atoms with Crippen LogP contribution in [0.2, 0.25) is 5.02 Å². The van der Waals surface area contributed by atoms with Crippen molar-refractivity contribution in [2.45, 2.75) is 48.8 Å². The van der Waals surface area contributed by atoms with Crippen LogP contribution in [0.25, 0.3) is 0 Å². The number of pyridine rings is 2. The number of anilines is 1. The Morgan fingerprint density at radius 2 is 2.12 bits per heavy atom. The summed E-state index contributed by atoms with van der Waals surface area (Å²) in [7, 11) is 0. The molecular weight excluding hydrogens is 440 g/mol. The van der Waals surface area contributed by atoms with Gasteiger partial charge < -0.3 is 5.32 Å². The number of hydrogen-bond donors (Lipinski definition) is 1. The number of aryl methyl sites for hydroxylation is 1. The molecule has 0 saturated heterocycles. The van der Waals surface area contributed by atoms with E-state index < -0.39 is 0 Å². The highest BCUT2D eigenvalue weighted by atomic mass is 35.5. The molecule has 0 aliphatic heterocycles. The molecule has 162 valence electrons. The molecule has 4 rings (SSSR count). The number of nitrogens with zero attached hydrogens (tertiary/aromatic N) is 3. The number of carbonyl (C=O) groups excluding carboxylic acids is 1. The van der Waals surface area contributed by atoms with Gasteiger partial charge in [0.25, 0.3) is 0 Å². The van der Waals surface area contributed by atoms with E-state index in [-0.39, 0.29) is 11.2 Å². The molecule has 3 aromatic rings. The van der Waals surface area contributed by atoms with Crippen molar-refractivity contribution in [1.29, 1.82) is 5.26 Å². The second kappa shape index (κ2) is 10.2. The quantitative estimate of drug-likeness (QED) is 0.469. The Balaban J connectivity index is 1.51. The second-order valence-electron chi connectivity index (χ2n) is 7.77. The maximum absolute atomic E-state index is 12.8. The summed E-state index contributed by atoms with van der Waals surface area (Å²) in [5.41, 5.74) is 4.02. The van der Waals surface area contributed by atoms with Crippen LogP contribution in [0.4, 0.5) is 5.82 Å². The first kappa shape index (κ1) is 22.3. The third kappa shape index (κ3) is 5.12. The molecule has 1 aliphatic rings. The molecule has 2 aromatic heterocycles. The van der Waals surface area contributed by atoms with Gasteiger partial charge in [-0.25, -0.2) is 9.97 Å². The van der Waals surface area contributed by atoms with Gasteiger partial charge in [0.2, 0.25) is 5.91 Å². The summed E-state index contributed by atoms with van der Waals surface area (Å²) in [4.78, 5) is 21.8. The van der Waals surface area contributed by atoms with Crippen LogP contribution in [0.15, 0.2) is 59.8 Å². The Bertz CT molecular complexity index is 1150. The lowest BCUT2D eigenvalue weighted by Gasteiger charge is -2.25. The van der Waals surface area contributed by atoms with E-state index in [1.165, 1.54) is 23.5 Å². The number of nitrogens with one attached hydrogen (secondary N) is 1. The average molecular weight is 463 g/mol. The monoisotopic (exact) mass is 462 g/mol. The van der Waals surface area contributed by atoms with Gasteiger partial charge in [-0.3, -0.25) is 4.79 Å². The van der Waals surface area contributed by atoms with Crippen LogP contribution < -0.4 is 5.32 Å². The standard InChI is InChI=1S/C25H23ClN4OS/c1-2-22(24(31)30-23-11-9-20(26)15-28-23)32-25-19(14-27)13-18-12-17(8-10-21(18)29-25)16-6-4-3-5-7-16/h3-7,9,11,13,15,17,22H,2,8,10,12H2,1H3,(H,28,30,31). The van der Waals surface area contributed by atoms with Crippen molar-refractivity contribution in [3.8, 4) is 6.07 Å². The topological polar surface area (TPSA) is 78.7 Å². The molecule has 1 N–H and O–H groups in total. The molecule has 5 nitrogen and oxygen atoms in total. The number of amides is 1. The summed E-state index contributed by atoms with van der Waals surface area (Å²) >= 11 is 7.20. The minimum absolute atomic E-state index is 0.167. The number of carbonyl (C=O) groups is 1. The predicted octanol–water partition coefficient (Wildman–Crippen LogP) is 5.78. The SMILES string of the molecule is CCC(Sc1nc2c(cc1C#N)CC(c1ccccc1)CC2)C(=O)Nc1ccc(Cl)cn1. The van der Waals surface area contributed by atoms with Crippen molar-refractivity contribution >= 4 is 35.1 Å². The Labute approximate surface area is 197 Å². The van der Waals surface area contributed by atoms with E-state index in [1.807, 2.05) is 19.1 Å². The summed E-state index contributed by atoms with van der Waals surface area (Å²) in [5, 5.41) is 13.3. The number of fused-ring (bicyclic) bond motifs is 1. The molecule has 7 heteroatoms. The van der Waals surface area contributed by atoms with E-state index in [9.17, 15) is 10.1 Å². The molecule has 2 heterocycles. The summed E-state index contributed by atoms with van der Waals surface area (Å²) in [6.45, 7) is 1.95. The maximum atomic E-state index is 12.8. The van der Waals surface area contributed by atoms with Crippen LogP contribution in [0, 0.1) is 11.3 Å². The lowest BCUT2D eigenvalue weighted by atomic mass is 9.82. The van der Waals surface area contributed by atoms with Gasteiger partial charge in [0.05, 0.1) is 15.8 Å². The fourth-order valence-corrected chi connectivity index (χ4v) is 5.05. The smallest absolute Gasteiger partial charge is 0.239 e. The molecule has 0 saturated carbocycles. The molecule has 1 amide bonds. The number of thioether (sulfide) groups is 1. The van der Waals surface area contributed by atoms with Gasteiger partial charge in [-0.2, -0.15) is 5.26 Å². The Kier molecular flexibility index (Phi) is 7.09. The van der Waals surface area contributed by atoms with Crippen molar-refractivity contribution in [3.05, 3.63) is 82.1 Å². The first-order chi connectivity index (χ1) is 15.6. The molecule has 1 aromatic carbocycles. The van der Waals surface area contributed by atoms with Gasteiger partial charge in [0, 0.05) is 11.9 Å². The van der Waals surface area contributed by atoms with E-state index in [0.29, 0.717) is 33.8 Å². The zero-order valence-electron chi connectivity index (χ0n) is 17.7. The van der Waals surface area contributed by atoms with E-state index in [4.69, 9.17) is 16.6 Å². The fraction of sp³-hybridized carbons (Fsp3) is 0.280. The maximum Gasteiger partial charge on any atom is 0.239 e. The largest absolute Gasteiger partial charge is 0.310 e. The minimum atomic E-state index is -0.384. The van der Waals surface area contributed by atoms with Crippen molar-refractivity contribution < 1.29 is 4.79 Å². The van der Waals surface area contributed by atoms with Gasteiger partial charge in [-0.15, -0.1) is 0 Å². The number of rotatable bonds is 6. The highest BCUT2D eigenvalue weighted by molar-refractivity contribution is 8.00. The van der Waals surface area contributed by atoms with Gasteiger partial charge in [0.15, 0.2) is 0 Å². The molecule has 2 unspecified atom stereocenters. The van der Waals surface area contributed by atoms with E-state index >= 15 is 0 Å². The normalized spacial score (nSPS) is 16.0. The number of aromatic nitrogens is 2. The summed E-state index contributed by atoms with van der Waals surface area (Å²) in [6, 6.07) is 18.1. The second-order valence-corrected chi connectivity index (χ2v) is 9.40. The van der Waals surface area contributed by atoms with Crippen molar-refractivity contribution in [2.75, 3.05) is 5.32 Å². The summed E-state index contributed by atoms with van der Waals surface area (Å²) in [6.07, 6.45) is 4.87. The van der Waals surface area contributed by atoms with Crippen LogP contribution in [0.3, 0.4) is 0 Å². The average Bonchev–Trinajstić information content (AvgIpc) is 2.83. The zero-order valence-corrected chi connectivity index (χ0v) is 19.3. The highest BCUT2D eigenvalue weighted by Gasteiger charge is 2.26. The number of nitriles is 1.